The number of anilines is 2. The average molecular weight is 295 g/mol. The van der Waals surface area contributed by atoms with Crippen LogP contribution in [0.2, 0.25) is 0 Å². The van der Waals surface area contributed by atoms with Crippen molar-refractivity contribution in [3.8, 4) is 0 Å². The number of carbonyl (C=O) groups excluding carboxylic acids is 2. The van der Waals surface area contributed by atoms with Gasteiger partial charge < -0.3 is 21.3 Å². The Morgan fingerprint density at radius 2 is 2.15 bits per heavy atom. The zero-order valence-electron chi connectivity index (χ0n) is 10.9. The summed E-state index contributed by atoms with van der Waals surface area (Å²) >= 11 is 1.08. The predicted molar refractivity (Wildman–Crippen MR) is 73.6 cm³/mol. The standard InChI is InChI=1S/C11H13N5O3S/c1-4(17)9-8(12)7(10(13)18)11(20-9)14-3-6-15-5(2)19-16-6/h14H,3,12H2,1-2H3,(H2,13,18). The Morgan fingerprint density at radius 1 is 1.45 bits per heavy atom. The number of amides is 1. The number of nitrogens with two attached hydrogens (primary N) is 2. The summed E-state index contributed by atoms with van der Waals surface area (Å²) in [5.41, 5.74) is 11.3. The number of primary amides is 1. The predicted octanol–water partition coefficient (Wildman–Crippen LogP) is 0.935. The SMILES string of the molecule is CC(=O)c1sc(NCc2noc(C)n2)c(C(N)=O)c1N. The van der Waals surface area contributed by atoms with Crippen molar-refractivity contribution in [3.05, 3.63) is 22.2 Å². The molecule has 106 valence electrons. The highest BCUT2D eigenvalue weighted by Crippen LogP contribution is 2.35. The van der Waals surface area contributed by atoms with Gasteiger partial charge in [-0.2, -0.15) is 4.98 Å². The summed E-state index contributed by atoms with van der Waals surface area (Å²) in [5, 5.41) is 7.07. The van der Waals surface area contributed by atoms with E-state index in [1.807, 2.05) is 0 Å². The molecule has 2 aromatic rings. The van der Waals surface area contributed by atoms with Crippen molar-refractivity contribution in [3.63, 3.8) is 0 Å². The molecule has 0 bridgehead atoms. The van der Waals surface area contributed by atoms with E-state index in [-0.39, 0.29) is 23.6 Å². The van der Waals surface area contributed by atoms with Crippen molar-refractivity contribution < 1.29 is 14.1 Å². The number of rotatable bonds is 5. The van der Waals surface area contributed by atoms with E-state index in [9.17, 15) is 9.59 Å². The van der Waals surface area contributed by atoms with Crippen LogP contribution in [0.3, 0.4) is 0 Å². The van der Waals surface area contributed by atoms with E-state index in [1.165, 1.54) is 6.92 Å². The lowest BCUT2D eigenvalue weighted by Gasteiger charge is -2.02. The molecular weight excluding hydrogens is 282 g/mol. The Labute approximate surface area is 118 Å². The number of thiophene rings is 1. The molecule has 0 saturated carbocycles. The minimum absolute atomic E-state index is 0.0989. The third-order valence-corrected chi connectivity index (χ3v) is 3.75. The summed E-state index contributed by atoms with van der Waals surface area (Å²) in [4.78, 5) is 27.2. The number of nitrogens with zero attached hydrogens (tertiary/aromatic N) is 2. The molecule has 2 heterocycles. The van der Waals surface area contributed by atoms with Crippen LogP contribution in [0, 0.1) is 6.92 Å². The fourth-order valence-electron chi connectivity index (χ4n) is 1.65. The first kappa shape index (κ1) is 14.0. The summed E-state index contributed by atoms with van der Waals surface area (Å²) in [6, 6.07) is 0. The van der Waals surface area contributed by atoms with E-state index >= 15 is 0 Å². The van der Waals surface area contributed by atoms with Crippen LogP contribution < -0.4 is 16.8 Å². The lowest BCUT2D eigenvalue weighted by Crippen LogP contribution is -2.15. The number of hydrogen-bond donors (Lipinski definition) is 3. The molecule has 0 aliphatic carbocycles. The summed E-state index contributed by atoms with van der Waals surface area (Å²) in [6.45, 7) is 3.27. The van der Waals surface area contributed by atoms with Gasteiger partial charge in [0.25, 0.3) is 5.91 Å². The number of aromatic nitrogens is 2. The van der Waals surface area contributed by atoms with Crippen LogP contribution in [0.4, 0.5) is 10.7 Å². The van der Waals surface area contributed by atoms with Gasteiger partial charge in [0.15, 0.2) is 11.6 Å². The summed E-state index contributed by atoms with van der Waals surface area (Å²) in [7, 11) is 0. The molecule has 0 radical (unpaired) electrons. The quantitative estimate of drug-likeness (QED) is 0.698. The van der Waals surface area contributed by atoms with Gasteiger partial charge in [-0.25, -0.2) is 0 Å². The van der Waals surface area contributed by atoms with Crippen LogP contribution in [0.1, 0.15) is 38.7 Å². The monoisotopic (exact) mass is 295 g/mol. The van der Waals surface area contributed by atoms with Crippen LogP contribution in [0.25, 0.3) is 0 Å². The van der Waals surface area contributed by atoms with Crippen molar-refractivity contribution in [2.24, 2.45) is 5.73 Å². The number of aryl methyl sites for hydroxylation is 1. The maximum absolute atomic E-state index is 11.4. The van der Waals surface area contributed by atoms with Gasteiger partial charge in [-0.1, -0.05) is 5.16 Å². The highest BCUT2D eigenvalue weighted by Gasteiger charge is 2.22. The van der Waals surface area contributed by atoms with Gasteiger partial charge in [-0.3, -0.25) is 9.59 Å². The first-order valence-corrected chi connectivity index (χ1v) is 6.47. The normalized spacial score (nSPS) is 10.5. The van der Waals surface area contributed by atoms with Crippen molar-refractivity contribution >= 4 is 33.7 Å². The Balaban J connectivity index is 2.28. The number of ketones is 1. The zero-order valence-corrected chi connectivity index (χ0v) is 11.7. The van der Waals surface area contributed by atoms with Gasteiger partial charge in [0, 0.05) is 13.8 Å². The zero-order chi connectivity index (χ0) is 14.9. The first-order chi connectivity index (χ1) is 9.40. The van der Waals surface area contributed by atoms with Gasteiger partial charge in [0.1, 0.15) is 5.00 Å². The molecule has 2 rings (SSSR count). The number of Topliss-reactive ketones (excluding diaryl/α,β-unsaturated/α-hetero) is 1. The van der Waals surface area contributed by atoms with Crippen molar-refractivity contribution in [2.75, 3.05) is 11.1 Å². The number of nitrogens with one attached hydrogen (secondary N) is 1. The molecule has 0 aromatic carbocycles. The second-order valence-corrected chi connectivity index (χ2v) is 5.07. The minimum atomic E-state index is -0.696. The Morgan fingerprint density at radius 3 is 2.65 bits per heavy atom. The molecule has 0 aliphatic heterocycles. The molecule has 8 nitrogen and oxygen atoms in total. The molecule has 0 atom stereocenters. The topological polar surface area (TPSA) is 137 Å². The lowest BCUT2D eigenvalue weighted by atomic mass is 10.2. The van der Waals surface area contributed by atoms with Gasteiger partial charge >= 0.3 is 0 Å². The Hall–Kier alpha value is -2.42. The molecular formula is C11H13N5O3S. The van der Waals surface area contributed by atoms with E-state index in [0.29, 0.717) is 21.6 Å². The Kier molecular flexibility index (Phi) is 3.70. The molecule has 5 N–H and O–H groups in total. The highest BCUT2D eigenvalue weighted by atomic mass is 32.1. The van der Waals surface area contributed by atoms with E-state index in [2.05, 4.69) is 15.5 Å². The second-order valence-electron chi connectivity index (χ2n) is 4.05. The van der Waals surface area contributed by atoms with Crippen LogP contribution >= 0.6 is 11.3 Å². The largest absolute Gasteiger partial charge is 0.397 e. The molecule has 9 heteroatoms. The summed E-state index contributed by atoms with van der Waals surface area (Å²) < 4.78 is 4.83. The second kappa shape index (κ2) is 5.29. The van der Waals surface area contributed by atoms with Gasteiger partial charge in [0.05, 0.1) is 22.7 Å². The fourth-order valence-corrected chi connectivity index (χ4v) is 2.66. The molecule has 2 aromatic heterocycles. The summed E-state index contributed by atoms with van der Waals surface area (Å²) in [5.74, 6) is -0.0576. The molecule has 0 fully saturated rings. The van der Waals surface area contributed by atoms with Crippen molar-refractivity contribution in [1.29, 1.82) is 0 Å². The van der Waals surface area contributed by atoms with E-state index in [4.69, 9.17) is 16.0 Å². The van der Waals surface area contributed by atoms with Crippen molar-refractivity contribution in [2.45, 2.75) is 20.4 Å². The maximum Gasteiger partial charge on any atom is 0.253 e. The average Bonchev–Trinajstić information content (AvgIpc) is 2.90. The molecule has 0 saturated heterocycles. The Bertz CT molecular complexity index is 676. The molecule has 0 unspecified atom stereocenters. The molecule has 0 aliphatic rings. The molecule has 20 heavy (non-hydrogen) atoms. The van der Waals surface area contributed by atoms with Gasteiger partial charge in [-0.15, -0.1) is 11.3 Å². The van der Waals surface area contributed by atoms with Crippen LogP contribution in [0.15, 0.2) is 4.52 Å². The van der Waals surface area contributed by atoms with Crippen LogP contribution in [-0.4, -0.2) is 21.8 Å². The first-order valence-electron chi connectivity index (χ1n) is 5.66. The number of hydrogen-bond acceptors (Lipinski definition) is 8. The maximum atomic E-state index is 11.4. The number of carbonyl (C=O) groups is 2. The van der Waals surface area contributed by atoms with E-state index in [0.717, 1.165) is 11.3 Å². The van der Waals surface area contributed by atoms with Crippen LogP contribution in [0.5, 0.6) is 0 Å². The van der Waals surface area contributed by atoms with Crippen molar-refractivity contribution in [1.82, 2.24) is 10.1 Å². The lowest BCUT2D eigenvalue weighted by molar-refractivity contribution is 0.100. The van der Waals surface area contributed by atoms with Gasteiger partial charge in [0.2, 0.25) is 5.89 Å². The smallest absolute Gasteiger partial charge is 0.253 e. The highest BCUT2D eigenvalue weighted by molar-refractivity contribution is 7.19. The summed E-state index contributed by atoms with van der Waals surface area (Å²) in [6.07, 6.45) is 0. The third kappa shape index (κ3) is 2.62. The third-order valence-electron chi connectivity index (χ3n) is 2.49. The molecule has 0 spiro atoms. The minimum Gasteiger partial charge on any atom is -0.397 e. The number of nitrogen functional groups attached to an aromatic ring is 1. The van der Waals surface area contributed by atoms with Crippen LogP contribution in [-0.2, 0) is 6.54 Å². The van der Waals surface area contributed by atoms with E-state index < -0.39 is 5.91 Å². The van der Waals surface area contributed by atoms with Gasteiger partial charge in [-0.05, 0) is 0 Å². The molecule has 1 amide bonds. The fraction of sp³-hybridized carbons (Fsp3) is 0.273. The van der Waals surface area contributed by atoms with E-state index in [1.54, 1.807) is 6.92 Å².